The molecular weight excluding hydrogens is 543 g/mol. The first kappa shape index (κ1) is 26.1. The maximum Gasteiger partial charge on any atom is 0.191 e. The summed E-state index contributed by atoms with van der Waals surface area (Å²) >= 11 is 1.83. The minimum atomic E-state index is -3.19. The zero-order chi connectivity index (χ0) is 21.6. The van der Waals surface area contributed by atoms with Crippen molar-refractivity contribution in [1.82, 2.24) is 15.5 Å². The fourth-order valence-corrected chi connectivity index (χ4v) is 5.67. The van der Waals surface area contributed by atoms with Gasteiger partial charge in [0.2, 0.25) is 0 Å². The van der Waals surface area contributed by atoms with Gasteiger partial charge in [0.1, 0.15) is 0 Å². The van der Waals surface area contributed by atoms with Crippen LogP contribution in [0.3, 0.4) is 0 Å². The van der Waals surface area contributed by atoms with E-state index in [1.165, 1.54) is 30.5 Å². The van der Waals surface area contributed by atoms with Gasteiger partial charge in [0.05, 0.1) is 4.90 Å². The Hall–Kier alpha value is -1.17. The quantitative estimate of drug-likeness (QED) is 0.299. The highest BCUT2D eigenvalue weighted by molar-refractivity contribution is 14.0. The summed E-state index contributed by atoms with van der Waals surface area (Å²) in [6.07, 6.45) is 3.71. The van der Waals surface area contributed by atoms with E-state index in [0.29, 0.717) is 17.4 Å². The molecular formula is C22H33IN4O2S2. The molecule has 0 bridgehead atoms. The van der Waals surface area contributed by atoms with Crippen LogP contribution >= 0.6 is 35.3 Å². The molecule has 172 valence electrons. The van der Waals surface area contributed by atoms with Crippen molar-refractivity contribution in [3.8, 4) is 0 Å². The summed E-state index contributed by atoms with van der Waals surface area (Å²) in [4.78, 5) is 8.69. The molecule has 1 fully saturated rings. The fourth-order valence-electron chi connectivity index (χ4n) is 3.97. The van der Waals surface area contributed by atoms with Crippen LogP contribution in [0.4, 0.5) is 0 Å². The number of rotatable bonds is 7. The highest BCUT2D eigenvalue weighted by Gasteiger charge is 2.20. The molecule has 2 heterocycles. The number of hydrogen-bond donors (Lipinski definition) is 2. The van der Waals surface area contributed by atoms with Gasteiger partial charge in [-0.3, -0.25) is 9.89 Å². The van der Waals surface area contributed by atoms with Crippen molar-refractivity contribution in [1.29, 1.82) is 0 Å². The normalized spacial score (nSPS) is 17.8. The molecule has 0 saturated carbocycles. The molecule has 0 spiro atoms. The van der Waals surface area contributed by atoms with Crippen LogP contribution in [0, 0.1) is 12.8 Å². The van der Waals surface area contributed by atoms with Crippen molar-refractivity contribution in [3.63, 3.8) is 0 Å². The second-order valence-corrected chi connectivity index (χ2v) is 11.0. The monoisotopic (exact) mass is 576 g/mol. The Labute approximate surface area is 207 Å². The number of nitrogens with one attached hydrogen (secondary N) is 2. The Bertz CT molecular complexity index is 962. The van der Waals surface area contributed by atoms with Gasteiger partial charge < -0.3 is 10.6 Å². The minimum Gasteiger partial charge on any atom is -0.356 e. The highest BCUT2D eigenvalue weighted by Crippen LogP contribution is 2.20. The molecule has 1 atom stereocenters. The minimum absolute atomic E-state index is 0. The predicted octanol–water partition coefficient (Wildman–Crippen LogP) is 3.66. The van der Waals surface area contributed by atoms with E-state index in [-0.39, 0.29) is 24.0 Å². The lowest BCUT2D eigenvalue weighted by molar-refractivity contribution is 0.169. The highest BCUT2D eigenvalue weighted by atomic mass is 127. The average molecular weight is 577 g/mol. The van der Waals surface area contributed by atoms with Crippen LogP contribution in [0.5, 0.6) is 0 Å². The van der Waals surface area contributed by atoms with E-state index in [1.54, 1.807) is 13.1 Å². The van der Waals surface area contributed by atoms with Gasteiger partial charge in [0.15, 0.2) is 15.8 Å². The van der Waals surface area contributed by atoms with Gasteiger partial charge in [-0.05, 0) is 60.9 Å². The molecule has 3 rings (SSSR count). The van der Waals surface area contributed by atoms with Crippen LogP contribution < -0.4 is 10.6 Å². The summed E-state index contributed by atoms with van der Waals surface area (Å²) in [6, 6.07) is 9.78. The standard InChI is InChI=1S/C22H32N4O2S2.HI/c1-17-12-18(8-9-21(17)30(3,27)28)13-24-22(23-2)25-14-19-6-4-10-26(15-19)16-20-7-5-11-29-20;/h5,7-9,11-12,19H,4,6,10,13-16H2,1-3H3,(H2,23,24,25);1H. The second-order valence-electron chi connectivity index (χ2n) is 8.00. The number of likely N-dealkylation sites (tertiary alicyclic amines) is 1. The summed E-state index contributed by atoms with van der Waals surface area (Å²) in [7, 11) is -1.41. The van der Waals surface area contributed by atoms with Crippen molar-refractivity contribution in [2.75, 3.05) is 32.9 Å². The molecule has 1 aliphatic heterocycles. The fraction of sp³-hybridized carbons (Fsp3) is 0.500. The molecule has 0 radical (unpaired) electrons. The van der Waals surface area contributed by atoms with E-state index in [4.69, 9.17) is 0 Å². The van der Waals surface area contributed by atoms with Crippen LogP contribution in [0.2, 0.25) is 0 Å². The summed E-state index contributed by atoms with van der Waals surface area (Å²) in [5, 5.41) is 8.94. The van der Waals surface area contributed by atoms with E-state index in [2.05, 4.69) is 38.0 Å². The Kier molecular flexibility index (Phi) is 10.2. The average Bonchev–Trinajstić information content (AvgIpc) is 3.20. The van der Waals surface area contributed by atoms with Crippen molar-refractivity contribution < 1.29 is 8.42 Å². The van der Waals surface area contributed by atoms with Crippen LogP contribution in [-0.4, -0.2) is 52.2 Å². The first-order chi connectivity index (χ1) is 14.3. The van der Waals surface area contributed by atoms with Crippen LogP contribution in [-0.2, 0) is 22.9 Å². The predicted molar refractivity (Wildman–Crippen MR) is 140 cm³/mol. The number of nitrogens with zero attached hydrogens (tertiary/aromatic N) is 2. The van der Waals surface area contributed by atoms with E-state index in [1.807, 2.05) is 30.4 Å². The molecule has 1 aliphatic rings. The van der Waals surface area contributed by atoms with E-state index < -0.39 is 9.84 Å². The molecule has 31 heavy (non-hydrogen) atoms. The maximum atomic E-state index is 11.8. The number of piperidine rings is 1. The van der Waals surface area contributed by atoms with Gasteiger partial charge in [0, 0.05) is 44.4 Å². The summed E-state index contributed by atoms with van der Waals surface area (Å²) in [6.45, 7) is 6.65. The van der Waals surface area contributed by atoms with Crippen molar-refractivity contribution in [2.24, 2.45) is 10.9 Å². The van der Waals surface area contributed by atoms with Crippen molar-refractivity contribution in [2.45, 2.75) is 37.8 Å². The lowest BCUT2D eigenvalue weighted by Crippen LogP contribution is -2.44. The topological polar surface area (TPSA) is 73.8 Å². The Morgan fingerprint density at radius 2 is 2.10 bits per heavy atom. The number of aryl methyl sites for hydroxylation is 1. The van der Waals surface area contributed by atoms with Crippen molar-refractivity contribution >= 4 is 51.1 Å². The number of benzene rings is 1. The molecule has 2 N–H and O–H groups in total. The molecule has 2 aromatic rings. The van der Waals surface area contributed by atoms with E-state index >= 15 is 0 Å². The SMILES string of the molecule is CN=C(NCc1ccc(S(C)(=O)=O)c(C)c1)NCC1CCCN(Cc2cccs2)C1.I. The zero-order valence-electron chi connectivity index (χ0n) is 18.4. The zero-order valence-corrected chi connectivity index (χ0v) is 22.4. The summed E-state index contributed by atoms with van der Waals surface area (Å²) < 4.78 is 23.6. The van der Waals surface area contributed by atoms with Crippen LogP contribution in [0.15, 0.2) is 45.6 Å². The Morgan fingerprint density at radius 3 is 2.74 bits per heavy atom. The van der Waals surface area contributed by atoms with Crippen LogP contribution in [0.25, 0.3) is 0 Å². The van der Waals surface area contributed by atoms with Gasteiger partial charge in [-0.1, -0.05) is 18.2 Å². The van der Waals surface area contributed by atoms with Gasteiger partial charge in [-0.2, -0.15) is 0 Å². The van der Waals surface area contributed by atoms with Gasteiger partial charge in [-0.15, -0.1) is 35.3 Å². The first-order valence-corrected chi connectivity index (χ1v) is 13.1. The molecule has 0 amide bonds. The smallest absolute Gasteiger partial charge is 0.191 e. The summed E-state index contributed by atoms with van der Waals surface area (Å²) in [5.41, 5.74) is 1.80. The van der Waals surface area contributed by atoms with Crippen LogP contribution in [0.1, 0.15) is 28.8 Å². The maximum absolute atomic E-state index is 11.8. The lowest BCUT2D eigenvalue weighted by Gasteiger charge is -2.32. The lowest BCUT2D eigenvalue weighted by atomic mass is 9.98. The van der Waals surface area contributed by atoms with Crippen molar-refractivity contribution in [3.05, 3.63) is 51.7 Å². The van der Waals surface area contributed by atoms with E-state index in [0.717, 1.165) is 36.7 Å². The molecule has 1 saturated heterocycles. The molecule has 0 aliphatic carbocycles. The number of halogens is 1. The molecule has 1 unspecified atom stereocenters. The Balaban J connectivity index is 0.00000341. The number of sulfone groups is 1. The second kappa shape index (κ2) is 12.2. The first-order valence-electron chi connectivity index (χ1n) is 10.3. The van der Waals surface area contributed by atoms with E-state index in [9.17, 15) is 8.42 Å². The third-order valence-corrected chi connectivity index (χ3v) is 7.56. The third-order valence-electron chi connectivity index (χ3n) is 5.44. The molecule has 1 aromatic heterocycles. The number of aliphatic imine (C=N–C) groups is 1. The number of guanidine groups is 1. The van der Waals surface area contributed by atoms with Gasteiger partial charge in [-0.25, -0.2) is 8.42 Å². The molecule has 6 nitrogen and oxygen atoms in total. The number of hydrogen-bond acceptors (Lipinski definition) is 5. The molecule has 1 aromatic carbocycles. The largest absolute Gasteiger partial charge is 0.356 e. The van der Waals surface area contributed by atoms with Gasteiger partial charge >= 0.3 is 0 Å². The summed E-state index contributed by atoms with van der Waals surface area (Å²) in [5.74, 6) is 1.38. The Morgan fingerprint density at radius 1 is 1.29 bits per heavy atom. The number of thiophene rings is 1. The molecule has 9 heteroatoms. The van der Waals surface area contributed by atoms with Gasteiger partial charge in [0.25, 0.3) is 0 Å². The third kappa shape index (κ3) is 8.03.